The Balaban J connectivity index is 2.46. The third-order valence-electron chi connectivity index (χ3n) is 1.58. The van der Waals surface area contributed by atoms with E-state index >= 15 is 0 Å². The van der Waals surface area contributed by atoms with Crippen molar-refractivity contribution in [3.05, 3.63) is 24.3 Å². The molecule has 1 atom stereocenters. The Morgan fingerprint density at radius 3 is 2.50 bits per heavy atom. The maximum absolute atomic E-state index is 10.3. The maximum Gasteiger partial charge on any atom is 0.324 e. The Bertz CT molecular complexity index is 309. The summed E-state index contributed by atoms with van der Waals surface area (Å²) in [5.41, 5.74) is 5.22. The molecule has 0 aromatic heterocycles. The highest BCUT2D eigenvalue weighted by molar-refractivity contribution is 5.73. The third kappa shape index (κ3) is 2.95. The van der Waals surface area contributed by atoms with Crippen LogP contribution in [0.2, 0.25) is 0 Å². The van der Waals surface area contributed by atoms with Crippen molar-refractivity contribution in [3.63, 3.8) is 0 Å². The molecular formula is C9H11NO4. The number of hydrogen-bond acceptors (Lipinski definition) is 4. The van der Waals surface area contributed by atoms with Gasteiger partial charge in [0.05, 0.1) is 0 Å². The lowest BCUT2D eigenvalue weighted by Gasteiger charge is -2.08. The second-order valence-corrected chi connectivity index (χ2v) is 2.75. The molecule has 0 bridgehead atoms. The fourth-order valence-electron chi connectivity index (χ4n) is 0.800. The van der Waals surface area contributed by atoms with Gasteiger partial charge in [0.2, 0.25) is 0 Å². The number of nitrogens with two attached hydrogens (primary N) is 1. The average Bonchev–Trinajstić information content (AvgIpc) is 2.16. The number of carboxylic acid groups (broad SMARTS) is 1. The molecule has 1 unspecified atom stereocenters. The van der Waals surface area contributed by atoms with Crippen LogP contribution in [0.5, 0.6) is 11.5 Å². The largest absolute Gasteiger partial charge is 0.508 e. The predicted octanol–water partition coefficient (Wildman–Crippen LogP) is 0.183. The van der Waals surface area contributed by atoms with Gasteiger partial charge in [-0.25, -0.2) is 0 Å². The molecule has 5 heteroatoms. The van der Waals surface area contributed by atoms with Crippen LogP contribution in [0.3, 0.4) is 0 Å². The summed E-state index contributed by atoms with van der Waals surface area (Å²) in [7, 11) is 0. The molecule has 0 spiro atoms. The molecule has 0 radical (unpaired) electrons. The molecule has 1 aromatic carbocycles. The molecule has 0 fully saturated rings. The van der Waals surface area contributed by atoms with Crippen molar-refractivity contribution in [2.45, 2.75) is 6.04 Å². The lowest BCUT2D eigenvalue weighted by atomic mass is 10.3. The monoisotopic (exact) mass is 197 g/mol. The van der Waals surface area contributed by atoms with Crippen LogP contribution in [0.25, 0.3) is 0 Å². The van der Waals surface area contributed by atoms with Gasteiger partial charge in [-0.1, -0.05) is 0 Å². The van der Waals surface area contributed by atoms with Crippen LogP contribution < -0.4 is 10.5 Å². The third-order valence-corrected chi connectivity index (χ3v) is 1.58. The Labute approximate surface area is 80.7 Å². The molecule has 5 nitrogen and oxygen atoms in total. The van der Waals surface area contributed by atoms with E-state index in [4.69, 9.17) is 20.7 Å². The van der Waals surface area contributed by atoms with Crippen molar-refractivity contribution in [1.82, 2.24) is 0 Å². The van der Waals surface area contributed by atoms with Crippen LogP contribution in [0.4, 0.5) is 0 Å². The van der Waals surface area contributed by atoms with Gasteiger partial charge < -0.3 is 20.7 Å². The van der Waals surface area contributed by atoms with E-state index in [1.54, 1.807) is 0 Å². The van der Waals surface area contributed by atoms with E-state index in [0.717, 1.165) is 0 Å². The van der Waals surface area contributed by atoms with Gasteiger partial charge in [-0.2, -0.15) is 0 Å². The minimum absolute atomic E-state index is 0.0971. The summed E-state index contributed by atoms with van der Waals surface area (Å²) >= 11 is 0. The van der Waals surface area contributed by atoms with E-state index in [9.17, 15) is 4.79 Å². The highest BCUT2D eigenvalue weighted by atomic mass is 16.5. The first-order valence-electron chi connectivity index (χ1n) is 4.00. The van der Waals surface area contributed by atoms with Gasteiger partial charge in [-0.3, -0.25) is 4.79 Å². The number of aromatic hydroxyl groups is 1. The topological polar surface area (TPSA) is 92.8 Å². The molecule has 4 N–H and O–H groups in total. The van der Waals surface area contributed by atoms with Crippen molar-refractivity contribution in [1.29, 1.82) is 0 Å². The van der Waals surface area contributed by atoms with Gasteiger partial charge in [0.25, 0.3) is 0 Å². The van der Waals surface area contributed by atoms with Crippen LogP contribution >= 0.6 is 0 Å². The minimum Gasteiger partial charge on any atom is -0.508 e. The van der Waals surface area contributed by atoms with E-state index in [2.05, 4.69) is 0 Å². The molecule has 14 heavy (non-hydrogen) atoms. The molecule has 0 aliphatic rings. The second kappa shape index (κ2) is 4.48. The van der Waals surface area contributed by atoms with Crippen molar-refractivity contribution in [3.8, 4) is 11.5 Å². The summed E-state index contributed by atoms with van der Waals surface area (Å²) in [6.07, 6.45) is 0. The van der Waals surface area contributed by atoms with E-state index in [1.807, 2.05) is 0 Å². The molecule has 1 aromatic rings. The average molecular weight is 197 g/mol. The van der Waals surface area contributed by atoms with Crippen LogP contribution in [-0.2, 0) is 4.79 Å². The van der Waals surface area contributed by atoms with Crippen molar-refractivity contribution >= 4 is 5.97 Å². The number of carboxylic acids is 1. The number of phenolic OH excluding ortho intramolecular Hbond substituents is 1. The zero-order chi connectivity index (χ0) is 10.6. The van der Waals surface area contributed by atoms with E-state index in [1.165, 1.54) is 24.3 Å². The minimum atomic E-state index is -1.11. The molecule has 76 valence electrons. The number of rotatable bonds is 4. The lowest BCUT2D eigenvalue weighted by Crippen LogP contribution is -2.36. The smallest absolute Gasteiger partial charge is 0.324 e. The van der Waals surface area contributed by atoms with Gasteiger partial charge in [-0.15, -0.1) is 0 Å². The normalized spacial score (nSPS) is 12.1. The fourth-order valence-corrected chi connectivity index (χ4v) is 0.800. The van der Waals surface area contributed by atoms with Crippen LogP contribution in [-0.4, -0.2) is 28.8 Å². The summed E-state index contributed by atoms with van der Waals surface area (Å²) in [5.74, 6) is -0.511. The van der Waals surface area contributed by atoms with Crippen LogP contribution in [0.15, 0.2) is 24.3 Å². The van der Waals surface area contributed by atoms with Crippen molar-refractivity contribution in [2.75, 3.05) is 6.61 Å². The van der Waals surface area contributed by atoms with Gasteiger partial charge in [0.1, 0.15) is 24.1 Å². The zero-order valence-electron chi connectivity index (χ0n) is 7.38. The van der Waals surface area contributed by atoms with Gasteiger partial charge in [-0.05, 0) is 24.3 Å². The quantitative estimate of drug-likeness (QED) is 0.640. The number of aliphatic carboxylic acids is 1. The SMILES string of the molecule is NC(COc1ccc(O)cc1)C(=O)O. The summed E-state index contributed by atoms with van der Waals surface area (Å²) < 4.78 is 5.07. The summed E-state index contributed by atoms with van der Waals surface area (Å²) in [6, 6.07) is 4.92. The Kier molecular flexibility index (Phi) is 3.30. The molecule has 0 amide bonds. The molecule has 0 heterocycles. The van der Waals surface area contributed by atoms with Gasteiger partial charge in [0.15, 0.2) is 0 Å². The number of carbonyl (C=O) groups is 1. The van der Waals surface area contributed by atoms with E-state index in [0.29, 0.717) is 5.75 Å². The van der Waals surface area contributed by atoms with Crippen molar-refractivity contribution in [2.24, 2.45) is 5.73 Å². The fraction of sp³-hybridized carbons (Fsp3) is 0.222. The molecule has 0 saturated carbocycles. The Hall–Kier alpha value is -1.75. The first kappa shape index (κ1) is 10.3. The molecular weight excluding hydrogens is 186 g/mol. The van der Waals surface area contributed by atoms with Gasteiger partial charge in [0, 0.05) is 0 Å². The number of phenols is 1. The summed E-state index contributed by atoms with van der Waals surface area (Å²) in [5, 5.41) is 17.4. The van der Waals surface area contributed by atoms with Crippen LogP contribution in [0, 0.1) is 0 Å². The number of hydrogen-bond donors (Lipinski definition) is 3. The standard InChI is InChI=1S/C9H11NO4/c10-8(9(12)13)5-14-7-3-1-6(11)2-4-7/h1-4,8,11H,5,10H2,(H,12,13). The number of benzene rings is 1. The highest BCUT2D eigenvalue weighted by Crippen LogP contribution is 2.15. The van der Waals surface area contributed by atoms with Crippen LogP contribution in [0.1, 0.15) is 0 Å². The molecule has 0 saturated heterocycles. The predicted molar refractivity (Wildman–Crippen MR) is 49.2 cm³/mol. The van der Waals surface area contributed by atoms with E-state index in [-0.39, 0.29) is 12.4 Å². The Morgan fingerprint density at radius 1 is 1.43 bits per heavy atom. The maximum atomic E-state index is 10.3. The lowest BCUT2D eigenvalue weighted by molar-refractivity contribution is -0.139. The van der Waals surface area contributed by atoms with Gasteiger partial charge >= 0.3 is 5.97 Å². The first-order valence-corrected chi connectivity index (χ1v) is 4.00. The molecule has 0 aliphatic carbocycles. The highest BCUT2D eigenvalue weighted by Gasteiger charge is 2.11. The molecule has 1 rings (SSSR count). The number of ether oxygens (including phenoxy) is 1. The molecule has 0 aliphatic heterocycles. The zero-order valence-corrected chi connectivity index (χ0v) is 7.38. The summed E-state index contributed by atoms with van der Waals surface area (Å²) in [6.45, 7) is -0.0971. The van der Waals surface area contributed by atoms with E-state index < -0.39 is 12.0 Å². The summed E-state index contributed by atoms with van der Waals surface area (Å²) in [4.78, 5) is 10.3. The first-order chi connectivity index (χ1) is 6.59. The second-order valence-electron chi connectivity index (χ2n) is 2.75. The van der Waals surface area contributed by atoms with Crippen molar-refractivity contribution < 1.29 is 19.7 Å². The Morgan fingerprint density at radius 2 is 2.00 bits per heavy atom.